The van der Waals surface area contributed by atoms with Crippen LogP contribution in [0.3, 0.4) is 0 Å². The van der Waals surface area contributed by atoms with Gasteiger partial charge in [-0.3, -0.25) is 10.1 Å². The third-order valence-corrected chi connectivity index (χ3v) is 2.53. The Balaban J connectivity index is 2.22. The number of carbonyl (C=O) groups is 1. The lowest BCUT2D eigenvalue weighted by molar-refractivity contribution is -0.386. The highest BCUT2D eigenvalue weighted by Crippen LogP contribution is 2.29. The summed E-state index contributed by atoms with van der Waals surface area (Å²) in [5, 5.41) is 10.9. The highest BCUT2D eigenvalue weighted by Gasteiger charge is 2.19. The van der Waals surface area contributed by atoms with E-state index < -0.39 is 17.5 Å². The molecule has 0 saturated heterocycles. The van der Waals surface area contributed by atoms with E-state index in [1.54, 1.807) is 24.3 Å². The number of methoxy groups -OCH3 is 1. The van der Waals surface area contributed by atoms with Gasteiger partial charge in [0.2, 0.25) is 5.88 Å². The third-order valence-electron chi connectivity index (χ3n) is 2.53. The number of nitrogens with zero attached hydrogens (tertiary/aromatic N) is 2. The number of para-hydroxylation sites is 1. The van der Waals surface area contributed by atoms with Crippen molar-refractivity contribution in [2.45, 2.75) is 0 Å². The summed E-state index contributed by atoms with van der Waals surface area (Å²) in [6.07, 6.45) is 0. The molecular formula is C14H12N2O6. The Morgan fingerprint density at radius 1 is 1.23 bits per heavy atom. The van der Waals surface area contributed by atoms with E-state index in [1.165, 1.54) is 19.2 Å². The van der Waals surface area contributed by atoms with Crippen LogP contribution >= 0.6 is 0 Å². The first kappa shape index (κ1) is 15.2. The van der Waals surface area contributed by atoms with E-state index in [2.05, 4.69) is 9.72 Å². The standard InChI is InChI=1S/C14H12N2O6/c1-20-13(17)9-21-14-11(16(18)19)7-8-12(15-14)22-10-5-3-2-4-6-10/h2-8H,9H2,1H3. The van der Waals surface area contributed by atoms with E-state index in [-0.39, 0.29) is 17.4 Å². The number of benzene rings is 1. The largest absolute Gasteiger partial charge is 0.466 e. The summed E-state index contributed by atoms with van der Waals surface area (Å²) >= 11 is 0. The maximum Gasteiger partial charge on any atom is 0.343 e. The lowest BCUT2D eigenvalue weighted by Crippen LogP contribution is -2.14. The van der Waals surface area contributed by atoms with Crippen molar-refractivity contribution >= 4 is 11.7 Å². The molecule has 0 unspecified atom stereocenters. The molecule has 8 nitrogen and oxygen atoms in total. The molecule has 114 valence electrons. The van der Waals surface area contributed by atoms with Gasteiger partial charge >= 0.3 is 11.7 Å². The number of nitro groups is 1. The molecule has 0 amide bonds. The molecular weight excluding hydrogens is 292 g/mol. The Bertz CT molecular complexity index is 674. The predicted molar refractivity (Wildman–Crippen MR) is 74.9 cm³/mol. The third kappa shape index (κ3) is 3.92. The first-order valence-electron chi connectivity index (χ1n) is 6.18. The molecule has 0 fully saturated rings. The number of pyridine rings is 1. The Morgan fingerprint density at radius 3 is 2.59 bits per heavy atom. The zero-order valence-electron chi connectivity index (χ0n) is 11.6. The minimum Gasteiger partial charge on any atom is -0.466 e. The highest BCUT2D eigenvalue weighted by molar-refractivity contribution is 5.71. The van der Waals surface area contributed by atoms with Gasteiger partial charge in [-0.15, -0.1) is 0 Å². The summed E-state index contributed by atoms with van der Waals surface area (Å²) in [6, 6.07) is 11.3. The number of aromatic nitrogens is 1. The van der Waals surface area contributed by atoms with Gasteiger partial charge in [-0.05, 0) is 12.1 Å². The minimum atomic E-state index is -0.675. The molecule has 8 heteroatoms. The fraction of sp³-hybridized carbons (Fsp3) is 0.143. The van der Waals surface area contributed by atoms with Crippen molar-refractivity contribution in [1.29, 1.82) is 0 Å². The van der Waals surface area contributed by atoms with E-state index in [9.17, 15) is 14.9 Å². The lowest BCUT2D eigenvalue weighted by Gasteiger charge is -2.08. The second-order valence-corrected chi connectivity index (χ2v) is 4.01. The van der Waals surface area contributed by atoms with Crippen LogP contribution in [-0.2, 0) is 9.53 Å². The van der Waals surface area contributed by atoms with Crippen molar-refractivity contribution in [3.05, 3.63) is 52.6 Å². The van der Waals surface area contributed by atoms with Crippen LogP contribution in [0.1, 0.15) is 0 Å². The molecule has 1 aromatic heterocycles. The first-order valence-corrected chi connectivity index (χ1v) is 6.18. The number of hydrogen-bond donors (Lipinski definition) is 0. The second kappa shape index (κ2) is 7.02. The Labute approximate surface area is 125 Å². The van der Waals surface area contributed by atoms with E-state index in [0.29, 0.717) is 5.75 Å². The van der Waals surface area contributed by atoms with Crippen LogP contribution in [0.5, 0.6) is 17.5 Å². The van der Waals surface area contributed by atoms with Crippen LogP contribution in [-0.4, -0.2) is 29.6 Å². The van der Waals surface area contributed by atoms with Gasteiger partial charge in [0, 0.05) is 12.1 Å². The van der Waals surface area contributed by atoms with E-state index in [4.69, 9.17) is 9.47 Å². The normalized spacial score (nSPS) is 9.86. The maximum absolute atomic E-state index is 11.1. The van der Waals surface area contributed by atoms with Crippen LogP contribution in [0.15, 0.2) is 42.5 Å². The van der Waals surface area contributed by atoms with Gasteiger partial charge in [0.25, 0.3) is 5.88 Å². The Hall–Kier alpha value is -3.16. The van der Waals surface area contributed by atoms with Crippen molar-refractivity contribution in [2.75, 3.05) is 13.7 Å². The van der Waals surface area contributed by atoms with Gasteiger partial charge in [-0.25, -0.2) is 4.79 Å². The van der Waals surface area contributed by atoms with Crippen LogP contribution in [0, 0.1) is 10.1 Å². The quantitative estimate of drug-likeness (QED) is 0.458. The number of rotatable bonds is 6. The summed E-state index contributed by atoms with van der Waals surface area (Å²) in [5.41, 5.74) is -0.371. The second-order valence-electron chi connectivity index (χ2n) is 4.01. The zero-order chi connectivity index (χ0) is 15.9. The van der Waals surface area contributed by atoms with Gasteiger partial charge in [-0.2, -0.15) is 4.98 Å². The maximum atomic E-state index is 11.1. The average Bonchev–Trinajstić information content (AvgIpc) is 2.53. The van der Waals surface area contributed by atoms with E-state index >= 15 is 0 Å². The summed E-state index contributed by atoms with van der Waals surface area (Å²) in [7, 11) is 1.18. The highest BCUT2D eigenvalue weighted by atomic mass is 16.6. The number of carbonyl (C=O) groups excluding carboxylic acids is 1. The molecule has 0 N–H and O–H groups in total. The van der Waals surface area contributed by atoms with Crippen molar-refractivity contribution in [3.63, 3.8) is 0 Å². The predicted octanol–water partition coefficient (Wildman–Crippen LogP) is 2.33. The van der Waals surface area contributed by atoms with Crippen LogP contribution < -0.4 is 9.47 Å². The van der Waals surface area contributed by atoms with Crippen LogP contribution in [0.2, 0.25) is 0 Å². The molecule has 0 aliphatic rings. The smallest absolute Gasteiger partial charge is 0.343 e. The monoisotopic (exact) mass is 304 g/mol. The minimum absolute atomic E-state index is 0.108. The van der Waals surface area contributed by atoms with E-state index in [1.807, 2.05) is 6.07 Å². The molecule has 0 atom stereocenters. The van der Waals surface area contributed by atoms with Crippen molar-refractivity contribution in [3.8, 4) is 17.5 Å². The summed E-state index contributed by atoms with van der Waals surface area (Å²) in [6.45, 7) is -0.487. The van der Waals surface area contributed by atoms with Gasteiger partial charge in [-0.1, -0.05) is 18.2 Å². The lowest BCUT2D eigenvalue weighted by atomic mass is 10.3. The number of ether oxygens (including phenoxy) is 3. The number of esters is 1. The van der Waals surface area contributed by atoms with Crippen molar-refractivity contribution in [2.24, 2.45) is 0 Å². The SMILES string of the molecule is COC(=O)COc1nc(Oc2ccccc2)ccc1[N+](=O)[O-]. The van der Waals surface area contributed by atoms with Crippen LogP contribution in [0.4, 0.5) is 5.69 Å². The topological polar surface area (TPSA) is 101 Å². The molecule has 1 aromatic carbocycles. The summed E-state index contributed by atoms with van der Waals surface area (Å²) in [5.74, 6) is -0.367. The van der Waals surface area contributed by atoms with Gasteiger partial charge in [0.15, 0.2) is 6.61 Å². The Morgan fingerprint density at radius 2 is 1.95 bits per heavy atom. The molecule has 0 aliphatic carbocycles. The molecule has 2 aromatic rings. The average molecular weight is 304 g/mol. The molecule has 0 saturated carbocycles. The van der Waals surface area contributed by atoms with Crippen molar-refractivity contribution < 1.29 is 23.9 Å². The molecule has 0 spiro atoms. The summed E-state index contributed by atoms with van der Waals surface area (Å²) in [4.78, 5) is 25.2. The van der Waals surface area contributed by atoms with E-state index in [0.717, 1.165) is 0 Å². The molecule has 2 rings (SSSR count). The molecule has 22 heavy (non-hydrogen) atoms. The number of hydrogen-bond acceptors (Lipinski definition) is 7. The van der Waals surface area contributed by atoms with Crippen LogP contribution in [0.25, 0.3) is 0 Å². The van der Waals surface area contributed by atoms with Gasteiger partial charge in [0.1, 0.15) is 5.75 Å². The van der Waals surface area contributed by atoms with Gasteiger partial charge < -0.3 is 14.2 Å². The van der Waals surface area contributed by atoms with Gasteiger partial charge in [0.05, 0.1) is 12.0 Å². The molecule has 0 radical (unpaired) electrons. The zero-order valence-corrected chi connectivity index (χ0v) is 11.6. The fourth-order valence-electron chi connectivity index (χ4n) is 1.51. The molecule has 1 heterocycles. The fourth-order valence-corrected chi connectivity index (χ4v) is 1.51. The van der Waals surface area contributed by atoms with Crippen molar-refractivity contribution in [1.82, 2.24) is 4.98 Å². The summed E-state index contributed by atoms with van der Waals surface area (Å²) < 4.78 is 14.9. The molecule has 0 aliphatic heterocycles. The first-order chi connectivity index (χ1) is 10.6. The Kier molecular flexibility index (Phi) is 4.86. The molecule has 0 bridgehead atoms.